The zero-order chi connectivity index (χ0) is 19.1. The van der Waals surface area contributed by atoms with Crippen LogP contribution in [0.5, 0.6) is 5.75 Å². The highest BCUT2D eigenvalue weighted by atomic mass is 16.4. The van der Waals surface area contributed by atoms with Gasteiger partial charge in [-0.25, -0.2) is 4.58 Å². The Kier molecular flexibility index (Phi) is 4.07. The van der Waals surface area contributed by atoms with Gasteiger partial charge in [-0.1, -0.05) is 12.1 Å². The number of rotatable bonds is 3. The lowest BCUT2D eigenvalue weighted by molar-refractivity contribution is -0.305. The largest absolute Gasteiger partial charge is 0.550 e. The summed E-state index contributed by atoms with van der Waals surface area (Å²) in [4.78, 5) is 11.1. The molecule has 0 saturated carbocycles. The van der Waals surface area contributed by atoms with Crippen molar-refractivity contribution in [3.63, 3.8) is 0 Å². The molecule has 0 spiro atoms. The Morgan fingerprint density at radius 1 is 1.07 bits per heavy atom. The second-order valence-corrected chi connectivity index (χ2v) is 6.88. The number of phenols is 1. The fourth-order valence-corrected chi connectivity index (χ4v) is 3.51. The quantitative estimate of drug-likeness (QED) is 0.344. The zero-order valence-corrected chi connectivity index (χ0v) is 15.2. The molecule has 1 N–H and O–H groups in total. The van der Waals surface area contributed by atoms with Crippen LogP contribution in [0, 0.1) is 0 Å². The highest BCUT2D eigenvalue weighted by molar-refractivity contribution is 6.07. The van der Waals surface area contributed by atoms with Crippen molar-refractivity contribution in [3.8, 4) is 17.1 Å². The molecule has 2 aromatic rings. The number of nitrogens with zero attached hydrogens (tertiary/aromatic N) is 1. The SMILES string of the molecule is C[N+](C)=c1ccc2c(CCC(=O)[O-])c3ccc4cc(O)ccc4c3oc-2c1. The van der Waals surface area contributed by atoms with E-state index < -0.39 is 5.97 Å². The Hall–Kier alpha value is -3.34. The smallest absolute Gasteiger partial charge is 0.203 e. The van der Waals surface area contributed by atoms with E-state index >= 15 is 0 Å². The van der Waals surface area contributed by atoms with Gasteiger partial charge in [0.05, 0.1) is 6.07 Å². The van der Waals surface area contributed by atoms with Crippen LogP contribution < -0.4 is 15.0 Å². The second-order valence-electron chi connectivity index (χ2n) is 6.88. The molecule has 0 atom stereocenters. The first-order valence-electron chi connectivity index (χ1n) is 8.75. The molecule has 0 amide bonds. The Labute approximate surface area is 155 Å². The van der Waals surface area contributed by atoms with E-state index in [0.29, 0.717) is 17.8 Å². The number of hydrogen-bond donors (Lipinski definition) is 1. The number of hydrogen-bond acceptors (Lipinski definition) is 4. The van der Waals surface area contributed by atoms with Crippen LogP contribution in [-0.4, -0.2) is 25.2 Å². The number of carboxylic acids is 1. The number of aliphatic carboxylic acids is 1. The first kappa shape index (κ1) is 17.1. The fourth-order valence-electron chi connectivity index (χ4n) is 3.51. The molecule has 0 bridgehead atoms. The molecule has 27 heavy (non-hydrogen) atoms. The molecule has 5 nitrogen and oxygen atoms in total. The average molecular weight is 361 g/mol. The summed E-state index contributed by atoms with van der Waals surface area (Å²) in [7, 11) is 3.91. The van der Waals surface area contributed by atoms with Crippen LogP contribution in [0.15, 0.2) is 52.9 Å². The molecule has 1 aliphatic carbocycles. The van der Waals surface area contributed by atoms with Crippen LogP contribution >= 0.6 is 0 Å². The van der Waals surface area contributed by atoms with Crippen LogP contribution in [0.4, 0.5) is 0 Å². The lowest BCUT2D eigenvalue weighted by Gasteiger charge is -2.16. The van der Waals surface area contributed by atoms with Gasteiger partial charge in [-0.3, -0.25) is 0 Å². The topological polar surface area (TPSA) is 76.5 Å². The summed E-state index contributed by atoms with van der Waals surface area (Å²) in [6, 6.07) is 14.9. The predicted octanol–water partition coefficient (Wildman–Crippen LogP) is 2.11. The van der Waals surface area contributed by atoms with Gasteiger partial charge in [0.25, 0.3) is 0 Å². The maximum atomic E-state index is 11.1. The molecular weight excluding hydrogens is 342 g/mol. The standard InChI is InChI=1S/C22H19NO4/c1-23(2)14-4-7-18-17(9-10-21(25)26)19-6-3-13-11-15(24)5-8-16(13)22(19)27-20(18)12-14/h3-8,11-12H,9-10H2,1-2H3,(H,25,26). The van der Waals surface area contributed by atoms with Gasteiger partial charge in [-0.05, 0) is 48.1 Å². The Morgan fingerprint density at radius 3 is 2.59 bits per heavy atom. The number of carbonyl (C=O) groups excluding carboxylic acids is 1. The molecule has 0 fully saturated rings. The van der Waals surface area contributed by atoms with E-state index in [1.807, 2.05) is 55.1 Å². The zero-order valence-electron chi connectivity index (χ0n) is 15.2. The lowest BCUT2D eigenvalue weighted by atomic mass is 9.94. The highest BCUT2D eigenvalue weighted by Crippen LogP contribution is 2.37. The van der Waals surface area contributed by atoms with Crippen LogP contribution in [0.1, 0.15) is 12.0 Å². The maximum Gasteiger partial charge on any atom is 0.203 e. The van der Waals surface area contributed by atoms with E-state index in [0.717, 1.165) is 32.6 Å². The van der Waals surface area contributed by atoms with E-state index in [1.54, 1.807) is 12.1 Å². The molecule has 5 heteroatoms. The molecular formula is C22H19NO4. The number of fused-ring (bicyclic) bond motifs is 4. The first-order chi connectivity index (χ1) is 12.9. The summed E-state index contributed by atoms with van der Waals surface area (Å²) in [6.07, 6.45) is 0.299. The second kappa shape index (κ2) is 6.43. The van der Waals surface area contributed by atoms with Crippen LogP contribution in [0.25, 0.3) is 33.1 Å². The van der Waals surface area contributed by atoms with Gasteiger partial charge in [0.15, 0.2) is 0 Å². The Balaban J connectivity index is 2.13. The summed E-state index contributed by atoms with van der Waals surface area (Å²) in [6.45, 7) is 0. The molecule has 0 unspecified atom stereocenters. The first-order valence-corrected chi connectivity index (χ1v) is 8.75. The summed E-state index contributed by atoms with van der Waals surface area (Å²) < 4.78 is 8.25. The van der Waals surface area contributed by atoms with Gasteiger partial charge >= 0.3 is 0 Å². The van der Waals surface area contributed by atoms with Gasteiger partial charge in [0.2, 0.25) is 5.36 Å². The van der Waals surface area contributed by atoms with Gasteiger partial charge in [-0.2, -0.15) is 0 Å². The molecule has 4 rings (SSSR count). The van der Waals surface area contributed by atoms with Gasteiger partial charge in [0, 0.05) is 28.4 Å². The number of phenolic OH excluding ortho intramolecular Hbond substituents is 1. The van der Waals surface area contributed by atoms with E-state index in [9.17, 15) is 15.0 Å². The van der Waals surface area contributed by atoms with Gasteiger partial charge in [0.1, 0.15) is 31.2 Å². The van der Waals surface area contributed by atoms with Crippen molar-refractivity contribution >= 4 is 27.7 Å². The lowest BCUT2D eigenvalue weighted by Crippen LogP contribution is -2.23. The van der Waals surface area contributed by atoms with Crippen LogP contribution in [0.2, 0.25) is 0 Å². The maximum absolute atomic E-state index is 11.1. The van der Waals surface area contributed by atoms with Crippen molar-refractivity contribution < 1.29 is 19.4 Å². The van der Waals surface area contributed by atoms with Gasteiger partial charge < -0.3 is 19.4 Å². The molecule has 0 aromatic heterocycles. The van der Waals surface area contributed by atoms with E-state index in [2.05, 4.69) is 0 Å². The van der Waals surface area contributed by atoms with Crippen molar-refractivity contribution in [1.29, 1.82) is 0 Å². The molecule has 2 aromatic carbocycles. The normalized spacial score (nSPS) is 11.3. The number of aromatic hydroxyl groups is 1. The van der Waals surface area contributed by atoms with E-state index in [-0.39, 0.29) is 12.2 Å². The fraction of sp³-hybridized carbons (Fsp3) is 0.182. The molecule has 0 saturated heterocycles. The number of carboxylic acid groups (broad SMARTS) is 1. The van der Waals surface area contributed by atoms with Crippen LogP contribution in [0.3, 0.4) is 0 Å². The third-order valence-electron chi connectivity index (χ3n) is 4.88. The van der Waals surface area contributed by atoms with E-state index in [1.165, 1.54) is 0 Å². The highest BCUT2D eigenvalue weighted by Gasteiger charge is 2.18. The minimum Gasteiger partial charge on any atom is -0.550 e. The molecule has 2 aliphatic rings. The van der Waals surface area contributed by atoms with Gasteiger partial charge in [-0.15, -0.1) is 0 Å². The number of carbonyl (C=O) groups is 1. The summed E-state index contributed by atoms with van der Waals surface area (Å²) >= 11 is 0. The Morgan fingerprint density at radius 2 is 1.85 bits per heavy atom. The minimum absolute atomic E-state index is 0.0583. The van der Waals surface area contributed by atoms with Crippen molar-refractivity contribution in [3.05, 3.63) is 59.5 Å². The summed E-state index contributed by atoms with van der Waals surface area (Å²) in [5, 5.41) is 24.4. The van der Waals surface area contributed by atoms with E-state index in [4.69, 9.17) is 4.42 Å². The van der Waals surface area contributed by atoms with Crippen molar-refractivity contribution in [2.45, 2.75) is 12.8 Å². The third kappa shape index (κ3) is 3.01. The Bertz CT molecular complexity index is 1230. The molecule has 0 radical (unpaired) electrons. The predicted molar refractivity (Wildman–Crippen MR) is 102 cm³/mol. The third-order valence-corrected chi connectivity index (χ3v) is 4.88. The van der Waals surface area contributed by atoms with Crippen molar-refractivity contribution in [2.75, 3.05) is 14.1 Å². The molecule has 1 aliphatic heterocycles. The average Bonchev–Trinajstić information content (AvgIpc) is 2.64. The number of benzene rings is 3. The monoisotopic (exact) mass is 361 g/mol. The summed E-state index contributed by atoms with van der Waals surface area (Å²) in [5.74, 6) is -0.190. The minimum atomic E-state index is -1.08. The van der Waals surface area contributed by atoms with Crippen molar-refractivity contribution in [2.24, 2.45) is 0 Å². The molecule has 1 heterocycles. The number of aryl methyl sites for hydroxylation is 1. The van der Waals surface area contributed by atoms with Crippen molar-refractivity contribution in [1.82, 2.24) is 4.58 Å². The molecule has 136 valence electrons. The summed E-state index contributed by atoms with van der Waals surface area (Å²) in [5.41, 5.74) is 2.51. The van der Waals surface area contributed by atoms with Crippen LogP contribution in [-0.2, 0) is 11.2 Å².